The molecule has 0 unspecified atom stereocenters. The minimum absolute atomic E-state index is 0.188. The van der Waals surface area contributed by atoms with E-state index in [-0.39, 0.29) is 10.8 Å². The van der Waals surface area contributed by atoms with E-state index >= 15 is 0 Å². The number of hydrogen-bond acceptors (Lipinski definition) is 1. The maximum absolute atomic E-state index is 2.35. The topological polar surface area (TPSA) is 3.24 Å². The third-order valence-corrected chi connectivity index (χ3v) is 5.02. The Morgan fingerprint density at radius 3 is 1.67 bits per heavy atom. The van der Waals surface area contributed by atoms with E-state index in [1.54, 1.807) is 0 Å². The van der Waals surface area contributed by atoms with Crippen LogP contribution in [0.15, 0.2) is 48.5 Å². The number of aryl methyl sites for hydroxylation is 1. The van der Waals surface area contributed by atoms with Gasteiger partial charge in [0.05, 0.1) is 0 Å². The summed E-state index contributed by atoms with van der Waals surface area (Å²) in [6.07, 6.45) is 2.27. The molecule has 0 saturated carbocycles. The lowest BCUT2D eigenvalue weighted by Crippen LogP contribution is -2.18. The Bertz CT molecular complexity index is 640. The van der Waals surface area contributed by atoms with Crippen molar-refractivity contribution in [1.82, 2.24) is 0 Å². The molecule has 130 valence electrons. The van der Waals surface area contributed by atoms with Crippen molar-refractivity contribution in [2.75, 3.05) is 19.0 Å². The van der Waals surface area contributed by atoms with Crippen LogP contribution in [0.5, 0.6) is 0 Å². The van der Waals surface area contributed by atoms with Gasteiger partial charge in [0, 0.05) is 19.8 Å². The molecule has 1 heteroatoms. The van der Waals surface area contributed by atoms with Crippen molar-refractivity contribution in [3.8, 4) is 0 Å². The minimum Gasteiger partial charge on any atom is -0.378 e. The number of anilines is 1. The van der Waals surface area contributed by atoms with Gasteiger partial charge < -0.3 is 4.90 Å². The van der Waals surface area contributed by atoms with Crippen LogP contribution < -0.4 is 4.90 Å². The monoisotopic (exact) mass is 323 g/mol. The van der Waals surface area contributed by atoms with Gasteiger partial charge in [-0.05, 0) is 52.5 Å². The van der Waals surface area contributed by atoms with Gasteiger partial charge in [0.15, 0.2) is 0 Å². The van der Waals surface area contributed by atoms with Gasteiger partial charge in [0.1, 0.15) is 0 Å². The predicted octanol–water partition coefficient (Wildman–Crippen LogP) is 5.96. The molecule has 2 rings (SSSR count). The predicted molar refractivity (Wildman–Crippen MR) is 107 cm³/mol. The van der Waals surface area contributed by atoms with Gasteiger partial charge in [0.2, 0.25) is 0 Å². The van der Waals surface area contributed by atoms with Crippen molar-refractivity contribution in [1.29, 1.82) is 0 Å². The standard InChI is InChI=1S/C23H33N/c1-22(2,3)19-10-8-18(9-11-19)16-17-23(4,5)20-12-14-21(15-13-20)24(6)7/h8-15H,16-17H2,1-7H3. The van der Waals surface area contributed by atoms with Crippen LogP contribution in [0.4, 0.5) is 5.69 Å². The third-order valence-electron chi connectivity index (χ3n) is 5.02. The van der Waals surface area contributed by atoms with E-state index in [0.717, 1.165) is 12.8 Å². The number of rotatable bonds is 5. The Morgan fingerprint density at radius 2 is 1.21 bits per heavy atom. The van der Waals surface area contributed by atoms with Crippen molar-refractivity contribution >= 4 is 5.69 Å². The molecular formula is C23H33N. The summed E-state index contributed by atoms with van der Waals surface area (Å²) in [7, 11) is 4.17. The maximum Gasteiger partial charge on any atom is 0.0361 e. The molecule has 0 radical (unpaired) electrons. The molecule has 0 aliphatic heterocycles. The summed E-state index contributed by atoms with van der Waals surface area (Å²) < 4.78 is 0. The molecule has 0 fully saturated rings. The van der Waals surface area contributed by atoms with Gasteiger partial charge in [0.25, 0.3) is 0 Å². The SMILES string of the molecule is CN(C)c1ccc(C(C)(C)CCc2ccc(C(C)(C)C)cc2)cc1. The Hall–Kier alpha value is -1.76. The molecule has 0 saturated heterocycles. The molecule has 0 heterocycles. The molecule has 2 aromatic rings. The smallest absolute Gasteiger partial charge is 0.0361 e. The molecule has 0 aliphatic rings. The lowest BCUT2D eigenvalue weighted by molar-refractivity contribution is 0.480. The minimum atomic E-state index is 0.188. The second kappa shape index (κ2) is 7.01. The van der Waals surface area contributed by atoms with Crippen LogP contribution in [0, 0.1) is 0 Å². The normalized spacial score (nSPS) is 12.3. The summed E-state index contributed by atoms with van der Waals surface area (Å²) in [5.74, 6) is 0. The van der Waals surface area contributed by atoms with Gasteiger partial charge >= 0.3 is 0 Å². The van der Waals surface area contributed by atoms with E-state index in [1.807, 2.05) is 0 Å². The average Bonchev–Trinajstić information content (AvgIpc) is 2.52. The lowest BCUT2D eigenvalue weighted by Gasteiger charge is -2.26. The molecule has 0 aromatic heterocycles. The summed E-state index contributed by atoms with van der Waals surface area (Å²) in [6, 6.07) is 18.2. The van der Waals surface area contributed by atoms with Crippen molar-refractivity contribution in [3.05, 3.63) is 65.2 Å². The Kier molecular flexibility index (Phi) is 5.42. The van der Waals surface area contributed by atoms with E-state index in [1.165, 1.54) is 22.4 Å². The van der Waals surface area contributed by atoms with Gasteiger partial charge in [-0.2, -0.15) is 0 Å². The number of hydrogen-bond donors (Lipinski definition) is 0. The molecule has 0 spiro atoms. The van der Waals surface area contributed by atoms with Crippen molar-refractivity contribution < 1.29 is 0 Å². The summed E-state index contributed by atoms with van der Waals surface area (Å²) in [4.78, 5) is 2.15. The maximum atomic E-state index is 2.35. The zero-order chi connectivity index (χ0) is 18.0. The van der Waals surface area contributed by atoms with Crippen LogP contribution in [-0.2, 0) is 17.3 Å². The van der Waals surface area contributed by atoms with Crippen molar-refractivity contribution in [2.45, 2.75) is 58.3 Å². The lowest BCUT2D eigenvalue weighted by atomic mass is 9.79. The fourth-order valence-electron chi connectivity index (χ4n) is 2.98. The first-order valence-corrected chi connectivity index (χ1v) is 8.97. The second-order valence-electron chi connectivity index (χ2n) is 8.77. The zero-order valence-corrected chi connectivity index (χ0v) is 16.5. The van der Waals surface area contributed by atoms with Gasteiger partial charge in [-0.15, -0.1) is 0 Å². The quantitative estimate of drug-likeness (QED) is 0.656. The molecule has 0 aliphatic carbocycles. The molecule has 0 bridgehead atoms. The Morgan fingerprint density at radius 1 is 0.708 bits per heavy atom. The first-order valence-electron chi connectivity index (χ1n) is 8.97. The largest absolute Gasteiger partial charge is 0.378 e. The fourth-order valence-corrected chi connectivity index (χ4v) is 2.98. The van der Waals surface area contributed by atoms with Crippen LogP contribution in [0.25, 0.3) is 0 Å². The highest BCUT2D eigenvalue weighted by Crippen LogP contribution is 2.30. The molecular weight excluding hydrogens is 290 g/mol. The summed E-state index contributed by atoms with van der Waals surface area (Å²) in [6.45, 7) is 11.5. The third kappa shape index (κ3) is 4.63. The van der Waals surface area contributed by atoms with Gasteiger partial charge in [-0.1, -0.05) is 71.0 Å². The first-order chi connectivity index (χ1) is 11.1. The van der Waals surface area contributed by atoms with Crippen LogP contribution >= 0.6 is 0 Å². The Labute approximate surface area is 148 Å². The van der Waals surface area contributed by atoms with Crippen molar-refractivity contribution in [3.63, 3.8) is 0 Å². The van der Waals surface area contributed by atoms with E-state index in [2.05, 4.69) is 102 Å². The van der Waals surface area contributed by atoms with Crippen LogP contribution in [0.2, 0.25) is 0 Å². The summed E-state index contributed by atoms with van der Waals surface area (Å²) in [5.41, 5.74) is 5.93. The van der Waals surface area contributed by atoms with E-state index in [4.69, 9.17) is 0 Å². The van der Waals surface area contributed by atoms with Crippen LogP contribution in [0.1, 0.15) is 57.7 Å². The molecule has 0 atom stereocenters. The Balaban J connectivity index is 2.04. The molecule has 2 aromatic carbocycles. The molecule has 1 nitrogen and oxygen atoms in total. The highest BCUT2D eigenvalue weighted by molar-refractivity contribution is 5.47. The first kappa shape index (κ1) is 18.6. The summed E-state index contributed by atoms with van der Waals surface area (Å²) in [5, 5.41) is 0. The molecule has 0 amide bonds. The van der Waals surface area contributed by atoms with E-state index in [9.17, 15) is 0 Å². The van der Waals surface area contributed by atoms with E-state index < -0.39 is 0 Å². The van der Waals surface area contributed by atoms with Crippen LogP contribution in [-0.4, -0.2) is 14.1 Å². The number of nitrogens with zero attached hydrogens (tertiary/aromatic N) is 1. The van der Waals surface area contributed by atoms with Crippen LogP contribution in [0.3, 0.4) is 0 Å². The molecule has 0 N–H and O–H groups in total. The highest BCUT2D eigenvalue weighted by Gasteiger charge is 2.20. The summed E-state index contributed by atoms with van der Waals surface area (Å²) >= 11 is 0. The average molecular weight is 324 g/mol. The van der Waals surface area contributed by atoms with Gasteiger partial charge in [-0.25, -0.2) is 0 Å². The van der Waals surface area contributed by atoms with Crippen molar-refractivity contribution in [2.24, 2.45) is 0 Å². The molecule has 24 heavy (non-hydrogen) atoms. The van der Waals surface area contributed by atoms with Gasteiger partial charge in [-0.3, -0.25) is 0 Å². The second-order valence-corrected chi connectivity index (χ2v) is 8.77. The number of benzene rings is 2. The highest BCUT2D eigenvalue weighted by atomic mass is 15.1. The van der Waals surface area contributed by atoms with E-state index in [0.29, 0.717) is 0 Å². The zero-order valence-electron chi connectivity index (χ0n) is 16.5. The fraction of sp³-hybridized carbons (Fsp3) is 0.478.